The van der Waals surface area contributed by atoms with E-state index in [9.17, 15) is 0 Å². The van der Waals surface area contributed by atoms with E-state index in [0.29, 0.717) is 5.92 Å². The summed E-state index contributed by atoms with van der Waals surface area (Å²) in [7, 11) is 0. The standard InChI is InChI=1S/C11H15N3/c1-7(2)11-13-8(3)10-9(12)5-4-6-14(10)11/h4-7H,12H2,1-3H3. The van der Waals surface area contributed by atoms with E-state index >= 15 is 0 Å². The number of hydrogen-bond acceptors (Lipinski definition) is 2. The third-order valence-electron chi connectivity index (χ3n) is 2.41. The number of anilines is 1. The summed E-state index contributed by atoms with van der Waals surface area (Å²) in [6, 6.07) is 3.86. The van der Waals surface area contributed by atoms with Gasteiger partial charge in [-0.1, -0.05) is 13.8 Å². The lowest BCUT2D eigenvalue weighted by molar-refractivity contribution is 0.768. The summed E-state index contributed by atoms with van der Waals surface area (Å²) >= 11 is 0. The highest BCUT2D eigenvalue weighted by atomic mass is 15.0. The maximum Gasteiger partial charge on any atom is 0.116 e. The molecule has 0 spiro atoms. The molecule has 0 radical (unpaired) electrons. The highest BCUT2D eigenvalue weighted by Crippen LogP contribution is 2.22. The SMILES string of the molecule is Cc1nc(C(C)C)n2cccc(N)c12. The number of aryl methyl sites for hydroxylation is 1. The first kappa shape index (κ1) is 9.06. The Balaban J connectivity index is 2.84. The van der Waals surface area contributed by atoms with Crippen molar-refractivity contribution in [3.63, 3.8) is 0 Å². The van der Waals surface area contributed by atoms with Crippen LogP contribution in [0, 0.1) is 6.92 Å². The maximum absolute atomic E-state index is 5.91. The Morgan fingerprint density at radius 1 is 1.43 bits per heavy atom. The van der Waals surface area contributed by atoms with Crippen molar-refractivity contribution in [2.45, 2.75) is 26.7 Å². The number of hydrogen-bond donors (Lipinski definition) is 1. The van der Waals surface area contributed by atoms with Gasteiger partial charge in [-0.05, 0) is 19.1 Å². The number of imidazole rings is 1. The van der Waals surface area contributed by atoms with Gasteiger partial charge in [0.1, 0.15) is 5.82 Å². The molecular formula is C11H15N3. The molecular weight excluding hydrogens is 174 g/mol. The Morgan fingerprint density at radius 2 is 2.14 bits per heavy atom. The van der Waals surface area contributed by atoms with Crippen LogP contribution in [0.5, 0.6) is 0 Å². The first-order valence-corrected chi connectivity index (χ1v) is 4.84. The third-order valence-corrected chi connectivity index (χ3v) is 2.41. The van der Waals surface area contributed by atoms with Gasteiger partial charge in [-0.25, -0.2) is 4.98 Å². The molecule has 0 aliphatic rings. The van der Waals surface area contributed by atoms with Gasteiger partial charge in [-0.3, -0.25) is 0 Å². The minimum Gasteiger partial charge on any atom is -0.397 e. The van der Waals surface area contributed by atoms with Crippen LogP contribution in [0.25, 0.3) is 5.52 Å². The lowest BCUT2D eigenvalue weighted by atomic mass is 10.2. The highest BCUT2D eigenvalue weighted by molar-refractivity contribution is 5.72. The minimum atomic E-state index is 0.415. The van der Waals surface area contributed by atoms with Crippen molar-refractivity contribution >= 4 is 11.2 Å². The fourth-order valence-corrected chi connectivity index (χ4v) is 1.79. The molecule has 0 fully saturated rings. The van der Waals surface area contributed by atoms with Crippen molar-refractivity contribution in [2.24, 2.45) is 0 Å². The van der Waals surface area contributed by atoms with Gasteiger partial charge in [0.15, 0.2) is 0 Å². The Hall–Kier alpha value is -1.51. The van der Waals surface area contributed by atoms with E-state index < -0.39 is 0 Å². The van der Waals surface area contributed by atoms with Gasteiger partial charge in [0.25, 0.3) is 0 Å². The fraction of sp³-hybridized carbons (Fsp3) is 0.364. The zero-order valence-electron chi connectivity index (χ0n) is 8.78. The molecule has 0 atom stereocenters. The first-order chi connectivity index (χ1) is 6.61. The van der Waals surface area contributed by atoms with Crippen molar-refractivity contribution in [2.75, 3.05) is 5.73 Å². The van der Waals surface area contributed by atoms with Crippen LogP contribution < -0.4 is 5.73 Å². The van der Waals surface area contributed by atoms with Crippen molar-refractivity contribution in [3.8, 4) is 0 Å². The van der Waals surface area contributed by atoms with Crippen LogP contribution in [0.3, 0.4) is 0 Å². The van der Waals surface area contributed by atoms with Crippen molar-refractivity contribution in [3.05, 3.63) is 29.8 Å². The van der Waals surface area contributed by atoms with Gasteiger partial charge in [-0.2, -0.15) is 0 Å². The molecule has 2 N–H and O–H groups in total. The summed E-state index contributed by atoms with van der Waals surface area (Å²) in [5.74, 6) is 1.49. The van der Waals surface area contributed by atoms with E-state index in [1.807, 2.05) is 25.3 Å². The number of aromatic nitrogens is 2. The average molecular weight is 189 g/mol. The van der Waals surface area contributed by atoms with Gasteiger partial charge in [0.2, 0.25) is 0 Å². The maximum atomic E-state index is 5.91. The highest BCUT2D eigenvalue weighted by Gasteiger charge is 2.11. The molecule has 2 rings (SSSR count). The van der Waals surface area contributed by atoms with Crippen LogP contribution >= 0.6 is 0 Å². The molecule has 2 heterocycles. The van der Waals surface area contributed by atoms with Gasteiger partial charge in [0, 0.05) is 12.1 Å². The number of pyridine rings is 1. The van der Waals surface area contributed by atoms with Gasteiger partial charge < -0.3 is 10.1 Å². The molecule has 3 nitrogen and oxygen atoms in total. The molecule has 0 aromatic carbocycles. The second-order valence-electron chi connectivity index (χ2n) is 3.89. The predicted molar refractivity (Wildman–Crippen MR) is 58.4 cm³/mol. The van der Waals surface area contributed by atoms with Crippen LogP contribution in [0.2, 0.25) is 0 Å². The second-order valence-corrected chi connectivity index (χ2v) is 3.89. The monoisotopic (exact) mass is 189 g/mol. The number of nitrogens with two attached hydrogens (primary N) is 1. The van der Waals surface area contributed by atoms with Crippen molar-refractivity contribution in [1.29, 1.82) is 0 Å². The molecule has 0 unspecified atom stereocenters. The summed E-state index contributed by atoms with van der Waals surface area (Å²) in [5, 5.41) is 0. The molecule has 0 bridgehead atoms. The zero-order chi connectivity index (χ0) is 10.3. The molecule has 2 aromatic rings. The third kappa shape index (κ3) is 1.16. The summed E-state index contributed by atoms with van der Waals surface area (Å²) < 4.78 is 2.08. The summed E-state index contributed by atoms with van der Waals surface area (Å²) in [6.45, 7) is 6.27. The van der Waals surface area contributed by atoms with E-state index in [2.05, 4.69) is 23.2 Å². The lowest BCUT2D eigenvalue weighted by Crippen LogP contribution is -1.97. The molecule has 0 aliphatic heterocycles. The normalized spacial score (nSPS) is 11.4. The second kappa shape index (κ2) is 3.01. The van der Waals surface area contributed by atoms with Crippen LogP contribution in [-0.2, 0) is 0 Å². The van der Waals surface area contributed by atoms with Gasteiger partial charge in [-0.15, -0.1) is 0 Å². The fourth-order valence-electron chi connectivity index (χ4n) is 1.79. The zero-order valence-corrected chi connectivity index (χ0v) is 8.78. The summed E-state index contributed by atoms with van der Waals surface area (Å²) in [4.78, 5) is 4.53. The van der Waals surface area contributed by atoms with Gasteiger partial charge >= 0.3 is 0 Å². The smallest absolute Gasteiger partial charge is 0.116 e. The topological polar surface area (TPSA) is 43.3 Å². The predicted octanol–water partition coefficient (Wildman–Crippen LogP) is 2.35. The summed E-state index contributed by atoms with van der Waals surface area (Å²) in [5.41, 5.74) is 8.75. The minimum absolute atomic E-state index is 0.415. The molecule has 3 heteroatoms. The molecule has 0 aliphatic carbocycles. The largest absolute Gasteiger partial charge is 0.397 e. The molecule has 0 saturated carbocycles. The molecule has 0 amide bonds. The van der Waals surface area contributed by atoms with Crippen LogP contribution in [0.1, 0.15) is 31.3 Å². The van der Waals surface area contributed by atoms with Crippen LogP contribution in [0.15, 0.2) is 18.3 Å². The van der Waals surface area contributed by atoms with Crippen molar-refractivity contribution < 1.29 is 0 Å². The van der Waals surface area contributed by atoms with Crippen LogP contribution in [0.4, 0.5) is 5.69 Å². The molecule has 74 valence electrons. The lowest BCUT2D eigenvalue weighted by Gasteiger charge is -2.04. The number of rotatable bonds is 1. The number of fused-ring (bicyclic) bond motifs is 1. The molecule has 2 aromatic heterocycles. The van der Waals surface area contributed by atoms with E-state index in [4.69, 9.17) is 5.73 Å². The molecule has 0 saturated heterocycles. The Bertz CT molecular complexity index is 469. The van der Waals surface area contributed by atoms with E-state index in [0.717, 1.165) is 22.7 Å². The Labute approximate surface area is 83.6 Å². The Morgan fingerprint density at radius 3 is 2.79 bits per heavy atom. The summed E-state index contributed by atoms with van der Waals surface area (Å²) in [6.07, 6.45) is 2.01. The van der Waals surface area contributed by atoms with Crippen LogP contribution in [-0.4, -0.2) is 9.38 Å². The van der Waals surface area contributed by atoms with E-state index in [1.165, 1.54) is 0 Å². The number of nitrogen functional groups attached to an aromatic ring is 1. The number of nitrogens with zero attached hydrogens (tertiary/aromatic N) is 2. The molecule has 14 heavy (non-hydrogen) atoms. The Kier molecular flexibility index (Phi) is 1.95. The first-order valence-electron chi connectivity index (χ1n) is 4.84. The van der Waals surface area contributed by atoms with Crippen molar-refractivity contribution in [1.82, 2.24) is 9.38 Å². The quantitative estimate of drug-likeness (QED) is 0.748. The van der Waals surface area contributed by atoms with Gasteiger partial charge in [0.05, 0.1) is 16.9 Å². The average Bonchev–Trinajstić information content (AvgIpc) is 2.45. The van der Waals surface area contributed by atoms with E-state index in [-0.39, 0.29) is 0 Å². The van der Waals surface area contributed by atoms with E-state index in [1.54, 1.807) is 0 Å².